The first-order chi connectivity index (χ1) is 7.26. The Balaban J connectivity index is 2.42. The number of hydrogen-bond acceptors (Lipinski definition) is 2. The lowest BCUT2D eigenvalue weighted by atomic mass is 10.1. The van der Waals surface area contributed by atoms with Crippen LogP contribution in [0.3, 0.4) is 0 Å². The number of unbranched alkanes of at least 4 members (excludes halogenated alkanes) is 1. The lowest BCUT2D eigenvalue weighted by molar-refractivity contribution is 0.415. The summed E-state index contributed by atoms with van der Waals surface area (Å²) in [6.07, 6.45) is 3.77. The van der Waals surface area contributed by atoms with E-state index in [0.29, 0.717) is 6.04 Å². The summed E-state index contributed by atoms with van der Waals surface area (Å²) < 4.78 is 5.11. The van der Waals surface area contributed by atoms with Crippen molar-refractivity contribution in [3.05, 3.63) is 24.3 Å². The van der Waals surface area contributed by atoms with Crippen LogP contribution < -0.4 is 10.1 Å². The topological polar surface area (TPSA) is 21.3 Å². The molecule has 0 aromatic heterocycles. The normalized spacial score (nSPS) is 12.2. The van der Waals surface area contributed by atoms with Crippen molar-refractivity contribution in [2.45, 2.75) is 39.2 Å². The minimum Gasteiger partial charge on any atom is -0.497 e. The summed E-state index contributed by atoms with van der Waals surface area (Å²) in [5, 5.41) is 3.47. The summed E-state index contributed by atoms with van der Waals surface area (Å²) in [6.45, 7) is 4.44. The zero-order chi connectivity index (χ0) is 11.1. The van der Waals surface area contributed by atoms with Crippen LogP contribution in [-0.4, -0.2) is 13.2 Å². The molecule has 0 bridgehead atoms. The van der Waals surface area contributed by atoms with Gasteiger partial charge >= 0.3 is 0 Å². The van der Waals surface area contributed by atoms with Gasteiger partial charge < -0.3 is 10.1 Å². The molecule has 15 heavy (non-hydrogen) atoms. The second-order valence-corrected chi connectivity index (χ2v) is 3.92. The van der Waals surface area contributed by atoms with E-state index in [4.69, 9.17) is 4.74 Å². The minimum atomic E-state index is 0.540. The molecule has 1 N–H and O–H groups in total. The molecule has 0 saturated heterocycles. The summed E-state index contributed by atoms with van der Waals surface area (Å²) >= 11 is 0. The maximum absolute atomic E-state index is 5.11. The predicted molar refractivity (Wildman–Crippen MR) is 65.6 cm³/mol. The van der Waals surface area contributed by atoms with Gasteiger partial charge in [-0.15, -0.1) is 0 Å². The summed E-state index contributed by atoms with van der Waals surface area (Å²) in [5.41, 5.74) is 1.17. The van der Waals surface area contributed by atoms with E-state index in [1.165, 1.54) is 24.9 Å². The number of rotatable bonds is 6. The van der Waals surface area contributed by atoms with E-state index < -0.39 is 0 Å². The van der Waals surface area contributed by atoms with Crippen LogP contribution in [0.15, 0.2) is 24.3 Å². The van der Waals surface area contributed by atoms with Crippen LogP contribution >= 0.6 is 0 Å². The number of methoxy groups -OCH3 is 1. The second kappa shape index (κ2) is 6.33. The maximum Gasteiger partial charge on any atom is 0.119 e. The van der Waals surface area contributed by atoms with E-state index in [9.17, 15) is 0 Å². The van der Waals surface area contributed by atoms with E-state index in [1.807, 2.05) is 12.1 Å². The Morgan fingerprint density at radius 2 is 1.93 bits per heavy atom. The molecule has 84 valence electrons. The van der Waals surface area contributed by atoms with Crippen LogP contribution in [0.25, 0.3) is 0 Å². The molecule has 0 aliphatic carbocycles. The standard InChI is InChI=1S/C13H21NO/c1-4-5-6-11(2)14-12-7-9-13(15-3)10-8-12/h7-11,14H,4-6H2,1-3H3/t11-/m0/s1. The zero-order valence-corrected chi connectivity index (χ0v) is 9.92. The molecule has 0 radical (unpaired) electrons. The van der Waals surface area contributed by atoms with Gasteiger partial charge in [0.2, 0.25) is 0 Å². The molecule has 2 nitrogen and oxygen atoms in total. The van der Waals surface area contributed by atoms with Crippen molar-refractivity contribution < 1.29 is 4.74 Å². The molecule has 1 aromatic carbocycles. The number of anilines is 1. The summed E-state index contributed by atoms with van der Waals surface area (Å²) in [7, 11) is 1.69. The molecule has 0 heterocycles. The van der Waals surface area contributed by atoms with Gasteiger partial charge in [-0.25, -0.2) is 0 Å². The van der Waals surface area contributed by atoms with Gasteiger partial charge in [0.1, 0.15) is 5.75 Å². The Kier molecular flexibility index (Phi) is 5.02. The third kappa shape index (κ3) is 4.24. The number of benzene rings is 1. The quantitative estimate of drug-likeness (QED) is 0.768. The highest BCUT2D eigenvalue weighted by molar-refractivity contribution is 5.46. The fourth-order valence-corrected chi connectivity index (χ4v) is 1.55. The minimum absolute atomic E-state index is 0.540. The average Bonchev–Trinajstić information content (AvgIpc) is 2.27. The van der Waals surface area contributed by atoms with Crippen LogP contribution in [0.5, 0.6) is 5.75 Å². The smallest absolute Gasteiger partial charge is 0.119 e. The van der Waals surface area contributed by atoms with E-state index in [2.05, 4.69) is 31.3 Å². The summed E-state index contributed by atoms with van der Waals surface area (Å²) in [4.78, 5) is 0. The van der Waals surface area contributed by atoms with Crippen LogP contribution in [0.1, 0.15) is 33.1 Å². The molecule has 1 rings (SSSR count). The molecule has 1 aromatic rings. The molecular weight excluding hydrogens is 186 g/mol. The number of nitrogens with one attached hydrogen (secondary N) is 1. The third-order valence-electron chi connectivity index (χ3n) is 2.49. The first-order valence-corrected chi connectivity index (χ1v) is 5.67. The number of hydrogen-bond donors (Lipinski definition) is 1. The molecule has 1 atom stereocenters. The van der Waals surface area contributed by atoms with E-state index in [1.54, 1.807) is 7.11 Å². The SMILES string of the molecule is CCCC[C@H](C)Nc1ccc(OC)cc1. The number of ether oxygens (including phenoxy) is 1. The first-order valence-electron chi connectivity index (χ1n) is 5.67. The Bertz CT molecular complexity index is 268. The molecule has 0 amide bonds. The Labute approximate surface area is 92.6 Å². The van der Waals surface area contributed by atoms with Gasteiger partial charge in [0.15, 0.2) is 0 Å². The molecule has 0 spiro atoms. The molecule has 0 aliphatic heterocycles. The molecule has 0 saturated carbocycles. The van der Waals surface area contributed by atoms with Gasteiger partial charge in [-0.3, -0.25) is 0 Å². The molecule has 0 fully saturated rings. The van der Waals surface area contributed by atoms with Crippen LogP contribution in [0, 0.1) is 0 Å². The van der Waals surface area contributed by atoms with Gasteiger partial charge in [-0.1, -0.05) is 19.8 Å². The van der Waals surface area contributed by atoms with E-state index in [0.717, 1.165) is 5.75 Å². The van der Waals surface area contributed by atoms with E-state index >= 15 is 0 Å². The highest BCUT2D eigenvalue weighted by Crippen LogP contribution is 2.16. The Hall–Kier alpha value is -1.18. The first kappa shape index (κ1) is 11.9. The van der Waals surface area contributed by atoms with Crippen molar-refractivity contribution >= 4 is 5.69 Å². The van der Waals surface area contributed by atoms with E-state index in [-0.39, 0.29) is 0 Å². The Morgan fingerprint density at radius 1 is 1.27 bits per heavy atom. The monoisotopic (exact) mass is 207 g/mol. The van der Waals surface area contributed by atoms with Gasteiger partial charge in [0.05, 0.1) is 7.11 Å². The van der Waals surface area contributed by atoms with Crippen LogP contribution in [-0.2, 0) is 0 Å². The Morgan fingerprint density at radius 3 is 2.47 bits per heavy atom. The summed E-state index contributed by atoms with van der Waals surface area (Å²) in [6, 6.07) is 8.62. The van der Waals surface area contributed by atoms with Gasteiger partial charge in [0, 0.05) is 11.7 Å². The lowest BCUT2D eigenvalue weighted by Gasteiger charge is -2.14. The van der Waals surface area contributed by atoms with Gasteiger partial charge in [0.25, 0.3) is 0 Å². The molecule has 0 unspecified atom stereocenters. The highest BCUT2D eigenvalue weighted by Gasteiger charge is 2.00. The fraction of sp³-hybridized carbons (Fsp3) is 0.538. The highest BCUT2D eigenvalue weighted by atomic mass is 16.5. The molecule has 2 heteroatoms. The fourth-order valence-electron chi connectivity index (χ4n) is 1.55. The average molecular weight is 207 g/mol. The van der Waals surface area contributed by atoms with Crippen molar-refractivity contribution in [3.63, 3.8) is 0 Å². The summed E-state index contributed by atoms with van der Waals surface area (Å²) in [5.74, 6) is 0.904. The van der Waals surface area contributed by atoms with Crippen LogP contribution in [0.2, 0.25) is 0 Å². The molecule has 0 aliphatic rings. The second-order valence-electron chi connectivity index (χ2n) is 3.92. The van der Waals surface area contributed by atoms with Crippen molar-refractivity contribution in [2.75, 3.05) is 12.4 Å². The maximum atomic E-state index is 5.11. The third-order valence-corrected chi connectivity index (χ3v) is 2.49. The van der Waals surface area contributed by atoms with Gasteiger partial charge in [-0.2, -0.15) is 0 Å². The van der Waals surface area contributed by atoms with Gasteiger partial charge in [-0.05, 0) is 37.6 Å². The van der Waals surface area contributed by atoms with Crippen molar-refractivity contribution in [1.82, 2.24) is 0 Å². The van der Waals surface area contributed by atoms with Crippen molar-refractivity contribution in [2.24, 2.45) is 0 Å². The lowest BCUT2D eigenvalue weighted by Crippen LogP contribution is -2.14. The van der Waals surface area contributed by atoms with Crippen molar-refractivity contribution in [1.29, 1.82) is 0 Å². The van der Waals surface area contributed by atoms with Crippen molar-refractivity contribution in [3.8, 4) is 5.75 Å². The van der Waals surface area contributed by atoms with Crippen LogP contribution in [0.4, 0.5) is 5.69 Å². The predicted octanol–water partition coefficient (Wildman–Crippen LogP) is 3.69. The zero-order valence-electron chi connectivity index (χ0n) is 9.92. The largest absolute Gasteiger partial charge is 0.497 e. The molecular formula is C13H21NO.